The number of thiophene rings is 2. The second-order valence-electron chi connectivity index (χ2n) is 8.50. The number of rotatable bonds is 1. The van der Waals surface area contributed by atoms with Gasteiger partial charge in [-0.15, -0.1) is 22.7 Å². The molecular weight excluding hydrogens is 376 g/mol. The molecule has 0 saturated carbocycles. The summed E-state index contributed by atoms with van der Waals surface area (Å²) in [4.78, 5) is 2.91. The topological polar surface area (TPSA) is 0 Å². The van der Waals surface area contributed by atoms with Crippen molar-refractivity contribution in [3.63, 3.8) is 0 Å². The van der Waals surface area contributed by atoms with Crippen molar-refractivity contribution in [1.29, 1.82) is 0 Å². The van der Waals surface area contributed by atoms with Gasteiger partial charge in [-0.1, -0.05) is 0 Å². The highest BCUT2D eigenvalue weighted by atomic mass is 32.1. The van der Waals surface area contributed by atoms with Crippen molar-refractivity contribution in [1.82, 2.24) is 0 Å². The second-order valence-corrected chi connectivity index (χ2v) is 10.7. The Morgan fingerprint density at radius 1 is 0.393 bits per heavy atom. The van der Waals surface area contributed by atoms with Crippen LogP contribution in [0.15, 0.2) is 0 Å². The van der Waals surface area contributed by atoms with Gasteiger partial charge in [-0.3, -0.25) is 0 Å². The van der Waals surface area contributed by atoms with E-state index in [2.05, 4.69) is 69.2 Å². The van der Waals surface area contributed by atoms with Gasteiger partial charge in [0.1, 0.15) is 0 Å². The first kappa shape index (κ1) is 19.7. The predicted octanol–water partition coefficient (Wildman–Crippen LogP) is 8.87. The molecule has 0 unspecified atom stereocenters. The summed E-state index contributed by atoms with van der Waals surface area (Å²) in [5, 5.41) is 2.98. The first-order chi connectivity index (χ1) is 13.1. The lowest BCUT2D eigenvalue weighted by molar-refractivity contribution is 1.26. The third-order valence-corrected chi connectivity index (χ3v) is 10.0. The summed E-state index contributed by atoms with van der Waals surface area (Å²) < 4.78 is 2.96. The van der Waals surface area contributed by atoms with E-state index in [4.69, 9.17) is 0 Å². The van der Waals surface area contributed by atoms with Crippen LogP contribution >= 0.6 is 22.7 Å². The lowest BCUT2D eigenvalue weighted by Gasteiger charge is -2.16. The van der Waals surface area contributed by atoms with E-state index in [0.717, 1.165) is 0 Å². The molecule has 0 aliphatic rings. The highest BCUT2D eigenvalue weighted by Gasteiger charge is 2.23. The standard InChI is InChI=1S/C26H30S2/c1-11-12(2)17(7)25-22(14(11)4)23-16(6)15(5)21(19(9)26(23)28-25)24-18(8)13(3)20(10)27-24/h1-10H3. The zero-order valence-electron chi connectivity index (χ0n) is 18.8. The molecule has 0 spiro atoms. The molecule has 0 bridgehead atoms. The van der Waals surface area contributed by atoms with Gasteiger partial charge in [-0.2, -0.15) is 0 Å². The Bertz CT molecular complexity index is 1290. The van der Waals surface area contributed by atoms with Crippen molar-refractivity contribution in [3.8, 4) is 10.4 Å². The van der Waals surface area contributed by atoms with E-state index in [9.17, 15) is 0 Å². The van der Waals surface area contributed by atoms with Crippen molar-refractivity contribution in [3.05, 3.63) is 54.9 Å². The molecule has 0 N–H and O–H groups in total. The van der Waals surface area contributed by atoms with Crippen LogP contribution in [0.25, 0.3) is 30.6 Å². The summed E-state index contributed by atoms with van der Waals surface area (Å²) in [5.74, 6) is 0. The Hall–Kier alpha value is -1.64. The van der Waals surface area contributed by atoms with Crippen molar-refractivity contribution < 1.29 is 0 Å². The minimum atomic E-state index is 1.44. The molecule has 0 aliphatic carbocycles. The molecule has 2 aromatic heterocycles. The minimum Gasteiger partial charge on any atom is -0.140 e. The van der Waals surface area contributed by atoms with Crippen LogP contribution in [0.4, 0.5) is 0 Å². The van der Waals surface area contributed by atoms with Crippen molar-refractivity contribution in [2.45, 2.75) is 69.2 Å². The smallest absolute Gasteiger partial charge is 0.0394 e. The lowest BCUT2D eigenvalue weighted by atomic mass is 9.88. The fourth-order valence-electron chi connectivity index (χ4n) is 4.68. The first-order valence-corrected chi connectivity index (χ1v) is 11.7. The molecule has 4 rings (SSSR count). The number of fused-ring (bicyclic) bond motifs is 3. The number of hydrogen-bond acceptors (Lipinski definition) is 2. The van der Waals surface area contributed by atoms with Gasteiger partial charge in [0.2, 0.25) is 0 Å². The maximum Gasteiger partial charge on any atom is 0.0394 e. The minimum absolute atomic E-state index is 1.44. The highest BCUT2D eigenvalue weighted by Crippen LogP contribution is 2.48. The summed E-state index contributed by atoms with van der Waals surface area (Å²) in [5.41, 5.74) is 14.5. The van der Waals surface area contributed by atoms with Gasteiger partial charge in [-0.25, -0.2) is 0 Å². The quantitative estimate of drug-likeness (QED) is 0.296. The Labute approximate surface area is 177 Å². The molecule has 146 valence electrons. The largest absolute Gasteiger partial charge is 0.140 e. The fourth-order valence-corrected chi connectivity index (χ4v) is 7.49. The van der Waals surface area contributed by atoms with Gasteiger partial charge in [0, 0.05) is 29.9 Å². The Balaban J connectivity index is 2.24. The molecule has 2 heteroatoms. The van der Waals surface area contributed by atoms with Crippen LogP contribution in [0.5, 0.6) is 0 Å². The van der Waals surface area contributed by atoms with Crippen LogP contribution < -0.4 is 0 Å². The summed E-state index contributed by atoms with van der Waals surface area (Å²) >= 11 is 3.97. The molecule has 28 heavy (non-hydrogen) atoms. The lowest BCUT2D eigenvalue weighted by Crippen LogP contribution is -1.95. The van der Waals surface area contributed by atoms with Crippen LogP contribution in [0.3, 0.4) is 0 Å². The molecule has 0 saturated heterocycles. The van der Waals surface area contributed by atoms with E-state index in [-0.39, 0.29) is 0 Å². The van der Waals surface area contributed by atoms with E-state index < -0.39 is 0 Å². The summed E-state index contributed by atoms with van der Waals surface area (Å²) in [6, 6.07) is 0. The van der Waals surface area contributed by atoms with Crippen LogP contribution in [-0.2, 0) is 0 Å². The van der Waals surface area contributed by atoms with Crippen LogP contribution in [-0.4, -0.2) is 0 Å². The maximum atomic E-state index is 2.34. The SMILES string of the molecule is Cc1sc(-c2c(C)c(C)c3c(sc4c(C)c(C)c(C)c(C)c43)c2C)c(C)c1C. The maximum absolute atomic E-state index is 2.34. The molecule has 0 nitrogen and oxygen atoms in total. The van der Waals surface area contributed by atoms with Gasteiger partial charge >= 0.3 is 0 Å². The molecule has 4 aromatic rings. The average molecular weight is 407 g/mol. The van der Waals surface area contributed by atoms with E-state index in [1.807, 2.05) is 22.7 Å². The Kier molecular flexibility index (Phi) is 4.52. The first-order valence-electron chi connectivity index (χ1n) is 10.1. The summed E-state index contributed by atoms with van der Waals surface area (Å²) in [7, 11) is 0. The third-order valence-electron chi connectivity index (χ3n) is 7.25. The van der Waals surface area contributed by atoms with E-state index in [1.165, 1.54) is 85.6 Å². The zero-order valence-corrected chi connectivity index (χ0v) is 20.4. The van der Waals surface area contributed by atoms with Gasteiger partial charge in [-0.05, 0) is 125 Å². The average Bonchev–Trinajstić information content (AvgIpc) is 3.18. The normalized spacial score (nSPS) is 11.9. The molecule has 0 atom stereocenters. The fraction of sp³-hybridized carbons (Fsp3) is 0.385. The van der Waals surface area contributed by atoms with Crippen LogP contribution in [0.1, 0.15) is 54.9 Å². The second kappa shape index (κ2) is 6.43. The molecule has 2 heterocycles. The third kappa shape index (κ3) is 2.40. The zero-order chi connectivity index (χ0) is 20.7. The van der Waals surface area contributed by atoms with Gasteiger partial charge < -0.3 is 0 Å². The number of aryl methyl sites for hydroxylation is 5. The van der Waals surface area contributed by atoms with E-state index >= 15 is 0 Å². The summed E-state index contributed by atoms with van der Waals surface area (Å²) in [6.07, 6.45) is 0. The molecular formula is C26H30S2. The molecule has 0 amide bonds. The Morgan fingerprint density at radius 2 is 0.893 bits per heavy atom. The predicted molar refractivity (Wildman–Crippen MR) is 130 cm³/mol. The number of benzene rings is 2. The van der Waals surface area contributed by atoms with Crippen molar-refractivity contribution >= 4 is 42.8 Å². The molecule has 0 radical (unpaired) electrons. The van der Waals surface area contributed by atoms with Crippen LogP contribution in [0, 0.1) is 69.2 Å². The molecule has 0 fully saturated rings. The van der Waals surface area contributed by atoms with Gasteiger partial charge in [0.05, 0.1) is 0 Å². The van der Waals surface area contributed by atoms with Gasteiger partial charge in [0.15, 0.2) is 0 Å². The van der Waals surface area contributed by atoms with Crippen molar-refractivity contribution in [2.24, 2.45) is 0 Å². The highest BCUT2D eigenvalue weighted by molar-refractivity contribution is 7.26. The van der Waals surface area contributed by atoms with E-state index in [0.29, 0.717) is 0 Å². The van der Waals surface area contributed by atoms with Gasteiger partial charge in [0.25, 0.3) is 0 Å². The number of hydrogen-bond donors (Lipinski definition) is 0. The Morgan fingerprint density at radius 3 is 1.43 bits per heavy atom. The van der Waals surface area contributed by atoms with Crippen molar-refractivity contribution in [2.75, 3.05) is 0 Å². The van der Waals surface area contributed by atoms with E-state index in [1.54, 1.807) is 0 Å². The molecule has 2 aromatic carbocycles. The summed E-state index contributed by atoms with van der Waals surface area (Å²) in [6.45, 7) is 23.0. The monoisotopic (exact) mass is 406 g/mol. The molecule has 0 aliphatic heterocycles. The van der Waals surface area contributed by atoms with Crippen LogP contribution in [0.2, 0.25) is 0 Å².